The molecule has 130 valence electrons. The molecule has 2 N–H and O–H groups in total. The maximum atomic E-state index is 12.4. The van der Waals surface area contributed by atoms with Crippen LogP contribution in [0.25, 0.3) is 21.5 Å². The largest absolute Gasteiger partial charge is 0.497 e. The van der Waals surface area contributed by atoms with E-state index in [1.165, 1.54) is 11.3 Å². The third-order valence-electron chi connectivity index (χ3n) is 4.10. The Kier molecular flexibility index (Phi) is 4.41. The van der Waals surface area contributed by atoms with E-state index in [2.05, 4.69) is 15.3 Å². The molecule has 0 saturated carbocycles. The molecule has 0 aliphatic rings. The molecule has 2 heterocycles. The molecule has 0 bridgehead atoms. The Hall–Kier alpha value is -3.12. The quantitative estimate of drug-likeness (QED) is 0.549. The number of anilines is 1. The molecular formula is C20H17N3O2S. The van der Waals surface area contributed by atoms with E-state index in [1.54, 1.807) is 7.11 Å². The molecule has 0 spiro atoms. The summed E-state index contributed by atoms with van der Waals surface area (Å²) in [6.07, 6.45) is 2.11. The fraction of sp³-hybridized carbons (Fsp3) is 0.100. The number of rotatable bonds is 5. The van der Waals surface area contributed by atoms with Crippen molar-refractivity contribution in [3.63, 3.8) is 0 Å². The number of aromatic nitrogens is 2. The zero-order valence-electron chi connectivity index (χ0n) is 14.2. The Morgan fingerprint density at radius 3 is 2.85 bits per heavy atom. The number of aromatic amines is 1. The standard InChI is InChI=1S/C20H17N3O2S/c1-25-15-7-5-13(6-8-15)20-22-14(12-26-20)11-19(24)23-18-4-2-3-17-16(18)9-10-21-17/h2-10,12,21H,11H2,1H3,(H,23,24). The summed E-state index contributed by atoms with van der Waals surface area (Å²) in [6.45, 7) is 0. The lowest BCUT2D eigenvalue weighted by molar-refractivity contribution is -0.115. The summed E-state index contributed by atoms with van der Waals surface area (Å²) in [5.41, 5.74) is 3.58. The highest BCUT2D eigenvalue weighted by molar-refractivity contribution is 7.13. The van der Waals surface area contributed by atoms with E-state index >= 15 is 0 Å². The number of H-pyrrole nitrogens is 1. The van der Waals surface area contributed by atoms with Crippen molar-refractivity contribution in [2.24, 2.45) is 0 Å². The Bertz CT molecular complexity index is 1050. The van der Waals surface area contributed by atoms with Crippen LogP contribution in [0.5, 0.6) is 5.75 Å². The summed E-state index contributed by atoms with van der Waals surface area (Å²) in [7, 11) is 1.64. The van der Waals surface area contributed by atoms with Crippen LogP contribution < -0.4 is 10.1 Å². The van der Waals surface area contributed by atoms with Crippen molar-refractivity contribution >= 4 is 33.8 Å². The van der Waals surface area contributed by atoms with E-state index in [0.29, 0.717) is 0 Å². The fourth-order valence-electron chi connectivity index (χ4n) is 2.81. The van der Waals surface area contributed by atoms with Gasteiger partial charge in [-0.05, 0) is 42.5 Å². The van der Waals surface area contributed by atoms with Crippen molar-refractivity contribution in [1.29, 1.82) is 0 Å². The fourth-order valence-corrected chi connectivity index (χ4v) is 3.63. The molecule has 0 aliphatic heterocycles. The summed E-state index contributed by atoms with van der Waals surface area (Å²) < 4.78 is 5.17. The van der Waals surface area contributed by atoms with Gasteiger partial charge in [-0.3, -0.25) is 4.79 Å². The molecule has 6 heteroatoms. The van der Waals surface area contributed by atoms with Crippen LogP contribution in [-0.4, -0.2) is 23.0 Å². The van der Waals surface area contributed by atoms with E-state index in [1.807, 2.05) is 60.1 Å². The van der Waals surface area contributed by atoms with Gasteiger partial charge in [0.2, 0.25) is 5.91 Å². The van der Waals surface area contributed by atoms with Crippen molar-refractivity contribution in [1.82, 2.24) is 9.97 Å². The number of ether oxygens (including phenoxy) is 1. The minimum atomic E-state index is -0.0784. The van der Waals surface area contributed by atoms with Crippen LogP contribution >= 0.6 is 11.3 Å². The average molecular weight is 363 g/mol. The van der Waals surface area contributed by atoms with Gasteiger partial charge < -0.3 is 15.0 Å². The van der Waals surface area contributed by atoms with Crippen molar-refractivity contribution in [3.8, 4) is 16.3 Å². The summed E-state index contributed by atoms with van der Waals surface area (Å²) >= 11 is 1.53. The lowest BCUT2D eigenvalue weighted by atomic mass is 10.2. The Balaban J connectivity index is 1.46. The van der Waals surface area contributed by atoms with Gasteiger partial charge in [-0.25, -0.2) is 4.98 Å². The smallest absolute Gasteiger partial charge is 0.230 e. The third-order valence-corrected chi connectivity index (χ3v) is 5.04. The number of benzene rings is 2. The summed E-state index contributed by atoms with van der Waals surface area (Å²) in [5.74, 6) is 0.731. The number of thiazole rings is 1. The Morgan fingerprint density at radius 1 is 1.19 bits per heavy atom. The number of fused-ring (bicyclic) bond motifs is 1. The summed E-state index contributed by atoms with van der Waals surface area (Å²) in [6, 6.07) is 15.5. The second-order valence-corrected chi connectivity index (χ2v) is 6.70. The zero-order chi connectivity index (χ0) is 17.9. The topological polar surface area (TPSA) is 67.0 Å². The normalized spacial score (nSPS) is 10.8. The molecule has 4 rings (SSSR count). The number of hydrogen-bond acceptors (Lipinski definition) is 4. The van der Waals surface area contributed by atoms with Gasteiger partial charge in [0.15, 0.2) is 0 Å². The Labute approximate surface area is 154 Å². The second-order valence-electron chi connectivity index (χ2n) is 5.84. The number of amides is 1. The molecule has 0 radical (unpaired) electrons. The van der Waals surface area contributed by atoms with E-state index in [4.69, 9.17) is 4.74 Å². The number of hydrogen-bond donors (Lipinski definition) is 2. The van der Waals surface area contributed by atoms with Gasteiger partial charge in [0.25, 0.3) is 0 Å². The molecule has 0 aliphatic carbocycles. The van der Waals surface area contributed by atoms with Crippen molar-refractivity contribution in [3.05, 3.63) is 65.8 Å². The minimum absolute atomic E-state index is 0.0784. The van der Waals surface area contributed by atoms with Gasteiger partial charge >= 0.3 is 0 Å². The molecule has 2 aromatic heterocycles. The molecule has 0 saturated heterocycles. The third kappa shape index (κ3) is 3.32. The SMILES string of the molecule is COc1ccc(-c2nc(CC(=O)Nc3cccc4[nH]ccc34)cs2)cc1. The molecule has 0 fully saturated rings. The van der Waals surface area contributed by atoms with E-state index in [0.717, 1.165) is 38.6 Å². The highest BCUT2D eigenvalue weighted by atomic mass is 32.1. The van der Waals surface area contributed by atoms with E-state index < -0.39 is 0 Å². The number of nitrogens with zero attached hydrogens (tertiary/aromatic N) is 1. The van der Waals surface area contributed by atoms with Crippen LogP contribution in [0.1, 0.15) is 5.69 Å². The Morgan fingerprint density at radius 2 is 2.04 bits per heavy atom. The average Bonchev–Trinajstić information content (AvgIpc) is 3.31. The molecule has 1 amide bonds. The molecule has 5 nitrogen and oxygen atoms in total. The van der Waals surface area contributed by atoms with Gasteiger partial charge in [0.1, 0.15) is 10.8 Å². The van der Waals surface area contributed by atoms with Gasteiger partial charge in [-0.15, -0.1) is 11.3 Å². The van der Waals surface area contributed by atoms with Crippen LogP contribution in [0.2, 0.25) is 0 Å². The molecule has 0 unspecified atom stereocenters. The first-order chi connectivity index (χ1) is 12.7. The maximum Gasteiger partial charge on any atom is 0.230 e. The molecule has 0 atom stereocenters. The molecule has 26 heavy (non-hydrogen) atoms. The monoisotopic (exact) mass is 363 g/mol. The first-order valence-corrected chi connectivity index (χ1v) is 9.06. The number of carbonyl (C=O) groups is 1. The van der Waals surface area contributed by atoms with Crippen molar-refractivity contribution in [2.75, 3.05) is 12.4 Å². The summed E-state index contributed by atoms with van der Waals surface area (Å²) in [5, 5.41) is 6.79. The number of carbonyl (C=O) groups excluding carboxylic acids is 1. The minimum Gasteiger partial charge on any atom is -0.497 e. The van der Waals surface area contributed by atoms with Crippen molar-refractivity contribution in [2.45, 2.75) is 6.42 Å². The van der Waals surface area contributed by atoms with E-state index in [9.17, 15) is 4.79 Å². The van der Waals surface area contributed by atoms with Gasteiger partial charge in [0, 0.05) is 28.0 Å². The second kappa shape index (κ2) is 7.01. The van der Waals surface area contributed by atoms with Gasteiger partial charge in [0.05, 0.1) is 24.9 Å². The predicted molar refractivity (Wildman–Crippen MR) is 105 cm³/mol. The lowest BCUT2D eigenvalue weighted by Crippen LogP contribution is -2.14. The lowest BCUT2D eigenvalue weighted by Gasteiger charge is -2.05. The van der Waals surface area contributed by atoms with Crippen LogP contribution in [0, 0.1) is 0 Å². The first-order valence-electron chi connectivity index (χ1n) is 8.18. The van der Waals surface area contributed by atoms with Crippen LogP contribution in [0.15, 0.2) is 60.1 Å². The van der Waals surface area contributed by atoms with Crippen LogP contribution in [0.3, 0.4) is 0 Å². The number of methoxy groups -OCH3 is 1. The number of nitrogens with one attached hydrogen (secondary N) is 2. The molecule has 2 aromatic carbocycles. The molecular weight excluding hydrogens is 346 g/mol. The highest BCUT2D eigenvalue weighted by Gasteiger charge is 2.11. The van der Waals surface area contributed by atoms with Gasteiger partial charge in [-0.2, -0.15) is 0 Å². The van der Waals surface area contributed by atoms with Gasteiger partial charge in [-0.1, -0.05) is 6.07 Å². The maximum absolute atomic E-state index is 12.4. The first kappa shape index (κ1) is 16.4. The van der Waals surface area contributed by atoms with E-state index in [-0.39, 0.29) is 12.3 Å². The zero-order valence-corrected chi connectivity index (χ0v) is 15.0. The highest BCUT2D eigenvalue weighted by Crippen LogP contribution is 2.26. The predicted octanol–water partition coefficient (Wildman–Crippen LogP) is 4.48. The van der Waals surface area contributed by atoms with Crippen LogP contribution in [0.4, 0.5) is 5.69 Å². The van der Waals surface area contributed by atoms with Crippen LogP contribution in [-0.2, 0) is 11.2 Å². The molecule has 4 aromatic rings. The summed E-state index contributed by atoms with van der Waals surface area (Å²) in [4.78, 5) is 20.1. The van der Waals surface area contributed by atoms with Crippen molar-refractivity contribution < 1.29 is 9.53 Å².